The number of aliphatic hydroxyl groups is 1. The molecule has 0 aliphatic rings. The van der Waals surface area contributed by atoms with Gasteiger partial charge in [-0.3, -0.25) is 0 Å². The van der Waals surface area contributed by atoms with Gasteiger partial charge in [-0.15, -0.1) is 0 Å². The largest absolute Gasteiger partial charge is 0.478 e. The second kappa shape index (κ2) is 12.2. The summed E-state index contributed by atoms with van der Waals surface area (Å²) in [4.78, 5) is 26.4. The Morgan fingerprint density at radius 2 is 1.56 bits per heavy atom. The summed E-state index contributed by atoms with van der Waals surface area (Å²) in [7, 11) is 0. The van der Waals surface area contributed by atoms with Gasteiger partial charge in [-0.25, -0.2) is 9.59 Å². The molecule has 2 N–H and O–H groups in total. The first kappa shape index (κ1) is 24.5. The molecule has 0 aromatic heterocycles. The minimum Gasteiger partial charge on any atom is -0.478 e. The van der Waals surface area contributed by atoms with Crippen molar-refractivity contribution < 1.29 is 24.6 Å². The lowest BCUT2D eigenvalue weighted by molar-refractivity contribution is -0.138. The van der Waals surface area contributed by atoms with Crippen LogP contribution in [0, 0.1) is 0 Å². The average molecular weight is 434 g/mol. The molecule has 0 unspecified atom stereocenters. The zero-order valence-corrected chi connectivity index (χ0v) is 18.1. The molecule has 0 saturated carbocycles. The van der Waals surface area contributed by atoms with Crippen molar-refractivity contribution in [2.24, 2.45) is 5.16 Å². The third-order valence-corrected chi connectivity index (χ3v) is 4.67. The molecule has 0 aliphatic carbocycles. The summed E-state index contributed by atoms with van der Waals surface area (Å²) in [6, 6.07) is 18.3. The van der Waals surface area contributed by atoms with E-state index in [1.54, 1.807) is 13.1 Å². The molecule has 0 radical (unpaired) electrons. The second-order valence-electron chi connectivity index (χ2n) is 7.22. The standard InChI is InChI=1S/C19H15NO2.C7H12O3/c1-13(2)19(21)22-20-12-18-16-9-5-3-7-14(16)11-15-8-4-6-10-17(15)18;1-6(7(9)10)4-2-3-5-8/h3-12H,1H2,2H3;8H,1-5H2,(H,9,10). The van der Waals surface area contributed by atoms with Gasteiger partial charge in [0.1, 0.15) is 0 Å². The minimum absolute atomic E-state index is 0.118. The molecule has 0 amide bonds. The van der Waals surface area contributed by atoms with Crippen LogP contribution >= 0.6 is 0 Å². The third kappa shape index (κ3) is 6.89. The molecule has 3 aromatic rings. The van der Waals surface area contributed by atoms with Gasteiger partial charge >= 0.3 is 11.9 Å². The Morgan fingerprint density at radius 3 is 2.06 bits per heavy atom. The molecular formula is C26H27NO5. The van der Waals surface area contributed by atoms with Gasteiger partial charge in [0.2, 0.25) is 0 Å². The van der Waals surface area contributed by atoms with E-state index in [4.69, 9.17) is 15.1 Å². The Hall–Kier alpha value is -3.77. The number of rotatable bonds is 8. The van der Waals surface area contributed by atoms with Crippen molar-refractivity contribution in [3.63, 3.8) is 0 Å². The molecule has 0 saturated heterocycles. The summed E-state index contributed by atoms with van der Waals surface area (Å²) >= 11 is 0. The molecule has 0 atom stereocenters. The van der Waals surface area contributed by atoms with Crippen molar-refractivity contribution in [1.82, 2.24) is 0 Å². The number of fused-ring (bicyclic) bond motifs is 2. The summed E-state index contributed by atoms with van der Waals surface area (Å²) in [5.74, 6) is -1.47. The first-order chi connectivity index (χ1) is 15.3. The van der Waals surface area contributed by atoms with E-state index in [1.165, 1.54) is 0 Å². The van der Waals surface area contributed by atoms with E-state index >= 15 is 0 Å². The van der Waals surface area contributed by atoms with E-state index in [-0.39, 0.29) is 12.2 Å². The molecule has 0 heterocycles. The van der Waals surface area contributed by atoms with Crippen LogP contribution in [0.4, 0.5) is 0 Å². The maximum atomic E-state index is 11.4. The van der Waals surface area contributed by atoms with Crippen molar-refractivity contribution in [3.8, 4) is 0 Å². The maximum Gasteiger partial charge on any atom is 0.360 e. The summed E-state index contributed by atoms with van der Waals surface area (Å²) in [6.07, 6.45) is 3.40. The Morgan fingerprint density at radius 1 is 1.00 bits per heavy atom. The fourth-order valence-corrected chi connectivity index (χ4v) is 2.95. The molecule has 3 rings (SSSR count). The van der Waals surface area contributed by atoms with E-state index < -0.39 is 11.9 Å². The zero-order chi connectivity index (χ0) is 23.5. The predicted octanol–water partition coefficient (Wildman–Crippen LogP) is 5.24. The van der Waals surface area contributed by atoms with Crippen LogP contribution in [-0.2, 0) is 14.4 Å². The van der Waals surface area contributed by atoms with Gasteiger partial charge < -0.3 is 15.1 Å². The van der Waals surface area contributed by atoms with E-state index in [9.17, 15) is 9.59 Å². The van der Waals surface area contributed by atoms with Gasteiger partial charge in [0.05, 0.1) is 6.21 Å². The van der Waals surface area contributed by atoms with Crippen LogP contribution in [0.15, 0.2) is 84.1 Å². The van der Waals surface area contributed by atoms with E-state index in [1.807, 2.05) is 36.4 Å². The summed E-state index contributed by atoms with van der Waals surface area (Å²) in [6.45, 7) is 8.58. The number of oxime groups is 1. The van der Waals surface area contributed by atoms with Gasteiger partial charge in [-0.1, -0.05) is 66.8 Å². The molecule has 166 valence electrons. The molecule has 6 nitrogen and oxygen atoms in total. The smallest absolute Gasteiger partial charge is 0.360 e. The SMILES string of the molecule is C=C(C)C(=O)ON=Cc1c2ccccc2cc2ccccc12.C=C(CCCCO)C(=O)O. The van der Waals surface area contributed by atoms with Crippen LogP contribution in [0.5, 0.6) is 0 Å². The van der Waals surface area contributed by atoms with Gasteiger partial charge in [0, 0.05) is 23.3 Å². The number of hydrogen-bond acceptors (Lipinski definition) is 5. The van der Waals surface area contributed by atoms with Crippen LogP contribution in [0.1, 0.15) is 31.7 Å². The highest BCUT2D eigenvalue weighted by Gasteiger charge is 2.06. The van der Waals surface area contributed by atoms with Crippen LogP contribution < -0.4 is 0 Å². The topological polar surface area (TPSA) is 96.2 Å². The Balaban J connectivity index is 0.000000309. The molecule has 0 aliphatic heterocycles. The minimum atomic E-state index is -0.946. The lowest BCUT2D eigenvalue weighted by Gasteiger charge is -2.07. The summed E-state index contributed by atoms with van der Waals surface area (Å²) in [5, 5.41) is 24.9. The normalized spacial score (nSPS) is 10.6. The van der Waals surface area contributed by atoms with Gasteiger partial charge in [-0.05, 0) is 53.8 Å². The van der Waals surface area contributed by atoms with Crippen LogP contribution in [0.25, 0.3) is 21.5 Å². The molecule has 0 fully saturated rings. The van der Waals surface area contributed by atoms with E-state index in [0.29, 0.717) is 24.8 Å². The van der Waals surface area contributed by atoms with Gasteiger partial charge in [-0.2, -0.15) is 0 Å². The van der Waals surface area contributed by atoms with E-state index in [2.05, 4.69) is 36.5 Å². The Kier molecular flexibility index (Phi) is 9.32. The number of aliphatic carboxylic acids is 1. The number of hydrogen-bond donors (Lipinski definition) is 2. The molecule has 3 aromatic carbocycles. The zero-order valence-electron chi connectivity index (χ0n) is 18.1. The monoisotopic (exact) mass is 433 g/mol. The van der Waals surface area contributed by atoms with Crippen molar-refractivity contribution in [3.05, 3.63) is 84.5 Å². The van der Waals surface area contributed by atoms with Crippen molar-refractivity contribution in [1.29, 1.82) is 0 Å². The van der Waals surface area contributed by atoms with Crippen LogP contribution in [0.2, 0.25) is 0 Å². The van der Waals surface area contributed by atoms with E-state index in [0.717, 1.165) is 27.1 Å². The van der Waals surface area contributed by atoms with Crippen molar-refractivity contribution >= 4 is 39.7 Å². The van der Waals surface area contributed by atoms with Crippen LogP contribution in [-0.4, -0.2) is 35.0 Å². The van der Waals surface area contributed by atoms with Crippen LogP contribution in [0.3, 0.4) is 0 Å². The fourth-order valence-electron chi connectivity index (χ4n) is 2.95. The molecule has 0 spiro atoms. The maximum absolute atomic E-state index is 11.4. The van der Waals surface area contributed by atoms with Gasteiger partial charge in [0.25, 0.3) is 0 Å². The summed E-state index contributed by atoms with van der Waals surface area (Å²) < 4.78 is 0. The lowest BCUT2D eigenvalue weighted by Crippen LogP contribution is -2.00. The number of unbranched alkanes of at least 4 members (excludes halogenated alkanes) is 1. The Bertz CT molecular complexity index is 1110. The van der Waals surface area contributed by atoms with Gasteiger partial charge in [0.15, 0.2) is 0 Å². The highest BCUT2D eigenvalue weighted by atomic mass is 16.7. The predicted molar refractivity (Wildman–Crippen MR) is 128 cm³/mol. The number of nitrogens with zero attached hydrogens (tertiary/aromatic N) is 1. The lowest BCUT2D eigenvalue weighted by atomic mass is 9.97. The quantitative estimate of drug-likeness (QED) is 0.127. The molecule has 0 bridgehead atoms. The fraction of sp³-hybridized carbons (Fsp3) is 0.192. The molecular weight excluding hydrogens is 406 g/mol. The van der Waals surface area contributed by atoms with Crippen molar-refractivity contribution in [2.75, 3.05) is 6.61 Å². The first-order valence-electron chi connectivity index (χ1n) is 10.2. The van der Waals surface area contributed by atoms with Crippen molar-refractivity contribution in [2.45, 2.75) is 26.2 Å². The number of carboxylic acids is 1. The summed E-state index contributed by atoms with van der Waals surface area (Å²) in [5.41, 5.74) is 1.47. The number of carboxylic acid groups (broad SMARTS) is 1. The highest BCUT2D eigenvalue weighted by molar-refractivity contribution is 6.13. The number of benzene rings is 3. The molecule has 32 heavy (non-hydrogen) atoms. The number of carbonyl (C=O) groups is 2. The molecule has 6 heteroatoms. The second-order valence-corrected chi connectivity index (χ2v) is 7.22. The number of aliphatic hydroxyl groups excluding tert-OH is 1. The highest BCUT2D eigenvalue weighted by Crippen LogP contribution is 2.27. The Labute approximate surface area is 187 Å². The third-order valence-electron chi connectivity index (χ3n) is 4.67. The number of carbonyl (C=O) groups excluding carboxylic acids is 1. The first-order valence-corrected chi connectivity index (χ1v) is 10.2. The average Bonchev–Trinajstić information content (AvgIpc) is 2.78.